The van der Waals surface area contributed by atoms with Crippen LogP contribution in [0.25, 0.3) is 0 Å². The maximum absolute atomic E-state index is 5.83. The van der Waals surface area contributed by atoms with E-state index in [-0.39, 0.29) is 6.04 Å². The highest BCUT2D eigenvalue weighted by molar-refractivity contribution is 5.55. The Hall–Kier alpha value is -1.02. The Balaban J connectivity index is 2.37. The van der Waals surface area contributed by atoms with Crippen molar-refractivity contribution in [3.05, 3.63) is 29.3 Å². The molecule has 1 aliphatic rings. The van der Waals surface area contributed by atoms with Gasteiger partial charge in [-0.1, -0.05) is 12.1 Å². The molecule has 64 valence electrons. The largest absolute Gasteiger partial charge is 0.383 e. The van der Waals surface area contributed by atoms with Crippen molar-refractivity contribution in [2.24, 2.45) is 5.73 Å². The van der Waals surface area contributed by atoms with Gasteiger partial charge >= 0.3 is 0 Å². The van der Waals surface area contributed by atoms with E-state index in [1.54, 1.807) is 0 Å². The lowest BCUT2D eigenvalue weighted by Crippen LogP contribution is -2.35. The minimum absolute atomic E-state index is 0.278. The molecule has 1 heterocycles. The Morgan fingerprint density at radius 3 is 3.17 bits per heavy atom. The quantitative estimate of drug-likeness (QED) is 0.603. The van der Waals surface area contributed by atoms with Gasteiger partial charge < -0.3 is 11.1 Å². The van der Waals surface area contributed by atoms with E-state index in [4.69, 9.17) is 5.73 Å². The molecule has 1 aromatic rings. The second-order valence-corrected chi connectivity index (χ2v) is 3.51. The van der Waals surface area contributed by atoms with Crippen molar-refractivity contribution >= 4 is 5.69 Å². The first-order chi connectivity index (χ1) is 5.75. The summed E-state index contributed by atoms with van der Waals surface area (Å²) in [6.45, 7) is 3.01. The Kier molecular flexibility index (Phi) is 1.77. The maximum atomic E-state index is 5.83. The number of nitrogens with two attached hydrogens (primary N) is 1. The number of benzene rings is 1. The molecule has 1 atom stereocenters. The maximum Gasteiger partial charge on any atom is 0.0376 e. The summed E-state index contributed by atoms with van der Waals surface area (Å²) in [6.07, 6.45) is 1.00. The molecule has 0 fully saturated rings. The molecule has 1 aliphatic heterocycles. The molecule has 0 aromatic heterocycles. The SMILES string of the molecule is Cc1ccc2c(c1)NC[C@@H](N)C2. The predicted molar refractivity (Wildman–Crippen MR) is 51.3 cm³/mol. The minimum atomic E-state index is 0.278. The Bertz CT molecular complexity index is 294. The molecule has 12 heavy (non-hydrogen) atoms. The highest BCUT2D eigenvalue weighted by Crippen LogP contribution is 2.22. The molecule has 2 heteroatoms. The normalized spacial score (nSPS) is 21.3. The lowest BCUT2D eigenvalue weighted by Gasteiger charge is -2.23. The van der Waals surface area contributed by atoms with Crippen molar-refractivity contribution in [1.29, 1.82) is 0 Å². The van der Waals surface area contributed by atoms with Crippen molar-refractivity contribution < 1.29 is 0 Å². The van der Waals surface area contributed by atoms with Gasteiger partial charge in [0.25, 0.3) is 0 Å². The number of hydrogen-bond donors (Lipinski definition) is 2. The van der Waals surface area contributed by atoms with Crippen LogP contribution in [0.5, 0.6) is 0 Å². The van der Waals surface area contributed by atoms with Gasteiger partial charge in [-0.05, 0) is 30.5 Å². The van der Waals surface area contributed by atoms with Crippen LogP contribution in [-0.4, -0.2) is 12.6 Å². The first-order valence-electron chi connectivity index (χ1n) is 4.34. The highest BCUT2D eigenvalue weighted by atomic mass is 14.9. The molecule has 2 nitrogen and oxygen atoms in total. The van der Waals surface area contributed by atoms with E-state index in [1.807, 2.05) is 0 Å². The molecule has 3 N–H and O–H groups in total. The summed E-state index contributed by atoms with van der Waals surface area (Å²) >= 11 is 0. The molecular weight excluding hydrogens is 148 g/mol. The van der Waals surface area contributed by atoms with Gasteiger partial charge in [-0.2, -0.15) is 0 Å². The van der Waals surface area contributed by atoms with Crippen molar-refractivity contribution in [3.63, 3.8) is 0 Å². The predicted octanol–water partition coefficient (Wildman–Crippen LogP) is 1.29. The fourth-order valence-corrected chi connectivity index (χ4v) is 1.63. The molecule has 0 unspecified atom stereocenters. The van der Waals surface area contributed by atoms with Crippen molar-refractivity contribution in [3.8, 4) is 0 Å². The van der Waals surface area contributed by atoms with E-state index in [2.05, 4.69) is 30.4 Å². The lowest BCUT2D eigenvalue weighted by molar-refractivity contribution is 0.679. The van der Waals surface area contributed by atoms with E-state index in [9.17, 15) is 0 Å². The third-order valence-corrected chi connectivity index (χ3v) is 2.30. The monoisotopic (exact) mass is 162 g/mol. The molecule has 0 saturated carbocycles. The molecule has 0 radical (unpaired) electrons. The van der Waals surface area contributed by atoms with Crippen LogP contribution in [0.1, 0.15) is 11.1 Å². The second-order valence-electron chi connectivity index (χ2n) is 3.51. The molecule has 0 saturated heterocycles. The van der Waals surface area contributed by atoms with Crippen LogP contribution in [0.4, 0.5) is 5.69 Å². The average molecular weight is 162 g/mol. The molecule has 0 aliphatic carbocycles. The summed E-state index contributed by atoms with van der Waals surface area (Å²) in [7, 11) is 0. The van der Waals surface area contributed by atoms with Crippen molar-refractivity contribution in [2.75, 3.05) is 11.9 Å². The molecule has 0 amide bonds. The topological polar surface area (TPSA) is 38.0 Å². The molecule has 2 rings (SSSR count). The first kappa shape index (κ1) is 7.62. The van der Waals surface area contributed by atoms with E-state index in [0.29, 0.717) is 0 Å². The lowest BCUT2D eigenvalue weighted by atomic mass is 9.99. The molecular formula is C10H14N2. The van der Waals surface area contributed by atoms with Gasteiger partial charge in [-0.25, -0.2) is 0 Å². The van der Waals surface area contributed by atoms with Crippen LogP contribution in [-0.2, 0) is 6.42 Å². The van der Waals surface area contributed by atoms with Gasteiger partial charge in [-0.3, -0.25) is 0 Å². The third kappa shape index (κ3) is 1.30. The average Bonchev–Trinajstić information content (AvgIpc) is 2.05. The smallest absolute Gasteiger partial charge is 0.0376 e. The second kappa shape index (κ2) is 2.79. The van der Waals surface area contributed by atoms with Gasteiger partial charge in [0, 0.05) is 18.3 Å². The number of anilines is 1. The zero-order chi connectivity index (χ0) is 8.55. The Labute approximate surface area is 72.8 Å². The van der Waals surface area contributed by atoms with Gasteiger partial charge in [-0.15, -0.1) is 0 Å². The van der Waals surface area contributed by atoms with Crippen LogP contribution in [0.3, 0.4) is 0 Å². The zero-order valence-corrected chi connectivity index (χ0v) is 7.30. The third-order valence-electron chi connectivity index (χ3n) is 2.30. The van der Waals surface area contributed by atoms with Gasteiger partial charge in [0.15, 0.2) is 0 Å². The van der Waals surface area contributed by atoms with Crippen LogP contribution >= 0.6 is 0 Å². The van der Waals surface area contributed by atoms with Gasteiger partial charge in [0.2, 0.25) is 0 Å². The minimum Gasteiger partial charge on any atom is -0.383 e. The van der Waals surface area contributed by atoms with Gasteiger partial charge in [0.1, 0.15) is 0 Å². The Morgan fingerprint density at radius 1 is 1.50 bits per heavy atom. The number of nitrogens with one attached hydrogen (secondary N) is 1. The number of aryl methyl sites for hydroxylation is 1. The van der Waals surface area contributed by atoms with Crippen molar-refractivity contribution in [2.45, 2.75) is 19.4 Å². The van der Waals surface area contributed by atoms with Crippen LogP contribution in [0, 0.1) is 6.92 Å². The summed E-state index contributed by atoms with van der Waals surface area (Å²) in [5, 5.41) is 3.33. The summed E-state index contributed by atoms with van der Waals surface area (Å²) in [5.74, 6) is 0. The standard InChI is InChI=1S/C10H14N2/c1-7-2-3-8-5-9(11)6-12-10(8)4-7/h2-4,9,12H,5-6,11H2,1H3/t9-/m0/s1. The highest BCUT2D eigenvalue weighted by Gasteiger charge is 2.13. The van der Waals surface area contributed by atoms with Crippen LogP contribution in [0.15, 0.2) is 18.2 Å². The zero-order valence-electron chi connectivity index (χ0n) is 7.30. The van der Waals surface area contributed by atoms with Crippen LogP contribution < -0.4 is 11.1 Å². The van der Waals surface area contributed by atoms with E-state index >= 15 is 0 Å². The first-order valence-corrected chi connectivity index (χ1v) is 4.34. The number of rotatable bonds is 0. The van der Waals surface area contributed by atoms with Gasteiger partial charge in [0.05, 0.1) is 0 Å². The van der Waals surface area contributed by atoms with E-state index < -0.39 is 0 Å². The molecule has 0 bridgehead atoms. The number of hydrogen-bond acceptors (Lipinski definition) is 2. The van der Waals surface area contributed by atoms with E-state index in [1.165, 1.54) is 16.8 Å². The summed E-state index contributed by atoms with van der Waals surface area (Å²) in [5.41, 5.74) is 9.74. The van der Waals surface area contributed by atoms with Crippen LogP contribution in [0.2, 0.25) is 0 Å². The fourth-order valence-electron chi connectivity index (χ4n) is 1.63. The summed E-state index contributed by atoms with van der Waals surface area (Å²) in [4.78, 5) is 0. The summed E-state index contributed by atoms with van der Waals surface area (Å²) in [6, 6.07) is 6.76. The number of fused-ring (bicyclic) bond motifs is 1. The Morgan fingerprint density at radius 2 is 2.33 bits per heavy atom. The van der Waals surface area contributed by atoms with E-state index in [0.717, 1.165) is 13.0 Å². The fraction of sp³-hybridized carbons (Fsp3) is 0.400. The molecule has 1 aromatic carbocycles. The van der Waals surface area contributed by atoms with Crippen molar-refractivity contribution in [1.82, 2.24) is 0 Å². The summed E-state index contributed by atoms with van der Waals surface area (Å²) < 4.78 is 0. The molecule has 0 spiro atoms.